The quantitative estimate of drug-likeness (QED) is 0.840. The van der Waals surface area contributed by atoms with Crippen LogP contribution in [0.5, 0.6) is 0 Å². The molecule has 2 atom stereocenters. The van der Waals surface area contributed by atoms with Crippen LogP contribution in [0, 0.1) is 18.3 Å². The zero-order chi connectivity index (χ0) is 15.1. The van der Waals surface area contributed by atoms with E-state index in [4.69, 9.17) is 0 Å². The Kier molecular flexibility index (Phi) is 4.34. The molecule has 1 N–H and O–H groups in total. The van der Waals surface area contributed by atoms with Gasteiger partial charge in [-0.1, -0.05) is 40.5 Å². The second-order valence-corrected chi connectivity index (χ2v) is 7.44. The number of nitrogens with zero attached hydrogens (tertiary/aromatic N) is 1. The molecule has 1 aromatic heterocycles. The molecule has 0 saturated heterocycles. The summed E-state index contributed by atoms with van der Waals surface area (Å²) in [5.41, 5.74) is 4.07. The minimum atomic E-state index is -0.289. The maximum atomic E-state index is 10.5. The highest BCUT2D eigenvalue weighted by Crippen LogP contribution is 2.43. The zero-order valence-corrected chi connectivity index (χ0v) is 14.0. The van der Waals surface area contributed by atoms with Crippen molar-refractivity contribution in [2.24, 2.45) is 11.3 Å². The Bertz CT molecular complexity index is 468. The van der Waals surface area contributed by atoms with E-state index in [0.717, 1.165) is 12.8 Å². The molecule has 0 spiro atoms. The predicted octanol–water partition coefficient (Wildman–Crippen LogP) is 4.80. The van der Waals surface area contributed by atoms with E-state index in [-0.39, 0.29) is 11.5 Å². The number of aromatic nitrogens is 1. The minimum absolute atomic E-state index is 0.197. The number of hydrogen-bond acceptors (Lipinski definition) is 1. The minimum Gasteiger partial charge on any atom is -0.388 e. The largest absolute Gasteiger partial charge is 0.388 e. The molecule has 0 amide bonds. The van der Waals surface area contributed by atoms with Gasteiger partial charge in [0.2, 0.25) is 0 Å². The van der Waals surface area contributed by atoms with Gasteiger partial charge >= 0.3 is 0 Å². The summed E-state index contributed by atoms with van der Waals surface area (Å²) in [5.74, 6) is 0.715. The highest BCUT2D eigenvalue weighted by molar-refractivity contribution is 5.34. The lowest BCUT2D eigenvalue weighted by atomic mass is 9.75. The molecule has 1 aliphatic carbocycles. The monoisotopic (exact) mass is 277 g/mol. The third kappa shape index (κ3) is 2.67. The molecule has 2 rings (SSSR count). The van der Waals surface area contributed by atoms with E-state index >= 15 is 0 Å². The number of aliphatic hydroxyl groups excluding tert-OH is 1. The molecule has 1 heterocycles. The molecule has 0 bridgehead atoms. The van der Waals surface area contributed by atoms with Gasteiger partial charge in [0, 0.05) is 23.0 Å². The average Bonchev–Trinajstić information content (AvgIpc) is 2.65. The van der Waals surface area contributed by atoms with Crippen LogP contribution in [0.25, 0.3) is 0 Å². The number of aryl methyl sites for hydroxylation is 1. The first-order valence-corrected chi connectivity index (χ1v) is 8.19. The van der Waals surface area contributed by atoms with Gasteiger partial charge in [-0.25, -0.2) is 0 Å². The van der Waals surface area contributed by atoms with E-state index in [0.29, 0.717) is 12.0 Å². The van der Waals surface area contributed by atoms with Crippen molar-refractivity contribution in [2.75, 3.05) is 0 Å². The molecule has 0 saturated carbocycles. The van der Waals surface area contributed by atoms with Crippen molar-refractivity contribution >= 4 is 0 Å². The Balaban J connectivity index is 2.45. The Morgan fingerprint density at radius 3 is 2.50 bits per heavy atom. The van der Waals surface area contributed by atoms with Gasteiger partial charge in [-0.2, -0.15) is 0 Å². The standard InChI is InChI=1S/C18H31NO/c1-7-14(8-2)13(4)19-12(3)9-15-16(19)10-18(5,6)11-17(15)20/h9,13-14,17,20H,7-8,10-11H2,1-6H3. The third-order valence-electron chi connectivity index (χ3n) is 5.26. The molecular weight excluding hydrogens is 246 g/mol. The van der Waals surface area contributed by atoms with E-state index in [2.05, 4.69) is 52.2 Å². The van der Waals surface area contributed by atoms with Crippen molar-refractivity contribution in [3.8, 4) is 0 Å². The fourth-order valence-corrected chi connectivity index (χ4v) is 4.11. The van der Waals surface area contributed by atoms with Crippen molar-refractivity contribution < 1.29 is 5.11 Å². The average molecular weight is 277 g/mol. The van der Waals surface area contributed by atoms with Gasteiger partial charge in [0.05, 0.1) is 6.10 Å². The number of aliphatic hydroxyl groups is 1. The topological polar surface area (TPSA) is 25.2 Å². The molecule has 0 fully saturated rings. The van der Waals surface area contributed by atoms with Gasteiger partial charge in [0.25, 0.3) is 0 Å². The van der Waals surface area contributed by atoms with Crippen molar-refractivity contribution in [2.45, 2.75) is 79.4 Å². The van der Waals surface area contributed by atoms with Crippen LogP contribution < -0.4 is 0 Å². The van der Waals surface area contributed by atoms with Crippen molar-refractivity contribution in [1.82, 2.24) is 4.57 Å². The van der Waals surface area contributed by atoms with Crippen molar-refractivity contribution in [3.63, 3.8) is 0 Å². The number of hydrogen-bond donors (Lipinski definition) is 1. The smallest absolute Gasteiger partial charge is 0.0812 e. The molecule has 0 aliphatic heterocycles. The van der Waals surface area contributed by atoms with Crippen LogP contribution in [0.4, 0.5) is 0 Å². The fraction of sp³-hybridized carbons (Fsp3) is 0.778. The molecule has 2 unspecified atom stereocenters. The van der Waals surface area contributed by atoms with Gasteiger partial charge in [-0.3, -0.25) is 0 Å². The van der Waals surface area contributed by atoms with Gasteiger partial charge in [-0.05, 0) is 44.1 Å². The summed E-state index contributed by atoms with van der Waals surface area (Å²) in [6.07, 6.45) is 4.11. The summed E-state index contributed by atoms with van der Waals surface area (Å²) in [4.78, 5) is 0. The van der Waals surface area contributed by atoms with E-state index in [1.54, 1.807) is 0 Å². The molecule has 114 valence electrons. The third-order valence-corrected chi connectivity index (χ3v) is 5.26. The molecule has 20 heavy (non-hydrogen) atoms. The first-order chi connectivity index (χ1) is 9.30. The SMILES string of the molecule is CCC(CC)C(C)n1c(C)cc2c1CC(C)(C)CC2O. The van der Waals surface area contributed by atoms with Gasteiger partial charge in [0.1, 0.15) is 0 Å². The fourth-order valence-electron chi connectivity index (χ4n) is 4.11. The highest BCUT2D eigenvalue weighted by Gasteiger charge is 2.35. The normalized spacial score (nSPS) is 22.9. The Morgan fingerprint density at radius 1 is 1.35 bits per heavy atom. The van der Waals surface area contributed by atoms with E-state index in [9.17, 15) is 5.11 Å². The van der Waals surface area contributed by atoms with E-state index in [1.807, 2.05) is 0 Å². The van der Waals surface area contributed by atoms with Crippen LogP contribution in [-0.2, 0) is 6.42 Å². The van der Waals surface area contributed by atoms with Crippen LogP contribution in [-0.4, -0.2) is 9.67 Å². The maximum Gasteiger partial charge on any atom is 0.0812 e. The molecular formula is C18H31NO. The van der Waals surface area contributed by atoms with E-state index in [1.165, 1.54) is 29.8 Å². The molecule has 0 radical (unpaired) electrons. The van der Waals surface area contributed by atoms with Gasteiger partial charge in [0.15, 0.2) is 0 Å². The number of rotatable bonds is 4. The molecule has 2 nitrogen and oxygen atoms in total. The predicted molar refractivity (Wildman–Crippen MR) is 85.0 cm³/mol. The molecule has 1 aliphatic rings. The van der Waals surface area contributed by atoms with Gasteiger partial charge in [-0.15, -0.1) is 0 Å². The highest BCUT2D eigenvalue weighted by atomic mass is 16.3. The van der Waals surface area contributed by atoms with Crippen LogP contribution >= 0.6 is 0 Å². The summed E-state index contributed by atoms with van der Waals surface area (Å²) >= 11 is 0. The molecule has 2 heteroatoms. The lowest BCUT2D eigenvalue weighted by Gasteiger charge is -2.36. The van der Waals surface area contributed by atoms with Crippen LogP contribution in [0.3, 0.4) is 0 Å². The summed E-state index contributed by atoms with van der Waals surface area (Å²) < 4.78 is 2.51. The number of fused-ring (bicyclic) bond motifs is 1. The summed E-state index contributed by atoms with van der Waals surface area (Å²) in [5, 5.41) is 10.5. The second-order valence-electron chi connectivity index (χ2n) is 7.44. The lowest BCUT2D eigenvalue weighted by molar-refractivity contribution is 0.0969. The van der Waals surface area contributed by atoms with Crippen LogP contribution in [0.15, 0.2) is 6.07 Å². The van der Waals surface area contributed by atoms with Crippen molar-refractivity contribution in [3.05, 3.63) is 23.0 Å². The molecule has 0 aromatic carbocycles. The van der Waals surface area contributed by atoms with Crippen LogP contribution in [0.1, 0.15) is 83.0 Å². The van der Waals surface area contributed by atoms with Crippen LogP contribution in [0.2, 0.25) is 0 Å². The maximum absolute atomic E-state index is 10.5. The second kappa shape index (κ2) is 5.55. The Morgan fingerprint density at radius 2 is 1.95 bits per heavy atom. The summed E-state index contributed by atoms with van der Waals surface area (Å²) in [6, 6.07) is 2.74. The lowest BCUT2D eigenvalue weighted by Crippen LogP contribution is -2.28. The first kappa shape index (κ1) is 15.6. The zero-order valence-electron chi connectivity index (χ0n) is 14.0. The molecule has 1 aromatic rings. The summed E-state index contributed by atoms with van der Waals surface area (Å²) in [6.45, 7) is 13.7. The Hall–Kier alpha value is -0.760. The van der Waals surface area contributed by atoms with E-state index < -0.39 is 0 Å². The van der Waals surface area contributed by atoms with Crippen molar-refractivity contribution in [1.29, 1.82) is 0 Å². The first-order valence-electron chi connectivity index (χ1n) is 8.19. The Labute approximate surface area is 124 Å². The van der Waals surface area contributed by atoms with Gasteiger partial charge < -0.3 is 9.67 Å². The summed E-state index contributed by atoms with van der Waals surface area (Å²) in [7, 11) is 0.